The number of halogens is 3. The second-order valence-electron chi connectivity index (χ2n) is 3.44. The van der Waals surface area contributed by atoms with Gasteiger partial charge in [0.1, 0.15) is 5.78 Å². The van der Waals surface area contributed by atoms with Crippen LogP contribution in [-0.4, -0.2) is 52.4 Å². The molecule has 16 heavy (non-hydrogen) atoms. The molecule has 1 rings (SSSR count). The normalized spacial score (nSPS) is 21.2. The third-order valence-electron chi connectivity index (χ3n) is 2.31. The Hall–Kier alpha value is -0.170. The second kappa shape index (κ2) is 6.54. The van der Waals surface area contributed by atoms with Crippen LogP contribution in [-0.2, 0) is 9.59 Å². The zero-order valence-corrected chi connectivity index (χ0v) is 10.9. The monoisotopic (exact) mass is 315 g/mol. The fraction of sp³-hybridized carbons (Fsp3) is 0.778. The van der Waals surface area contributed by atoms with Gasteiger partial charge in [0.15, 0.2) is 0 Å². The van der Waals surface area contributed by atoms with E-state index in [-0.39, 0.29) is 23.6 Å². The maximum absolute atomic E-state index is 12.3. The zero-order valence-electron chi connectivity index (χ0n) is 8.50. The van der Waals surface area contributed by atoms with Gasteiger partial charge in [-0.05, 0) is 0 Å². The molecule has 0 aliphatic carbocycles. The molecule has 1 aliphatic rings. The molecule has 0 aromatic carbocycles. The molecule has 0 radical (unpaired) electrons. The van der Waals surface area contributed by atoms with E-state index in [9.17, 15) is 18.4 Å². The van der Waals surface area contributed by atoms with E-state index >= 15 is 0 Å². The van der Waals surface area contributed by atoms with Crippen LogP contribution in [0.15, 0.2) is 0 Å². The van der Waals surface area contributed by atoms with E-state index in [1.165, 1.54) is 0 Å². The molecule has 1 unspecified atom stereocenters. The lowest BCUT2D eigenvalue weighted by molar-refractivity contribution is -0.145. The van der Waals surface area contributed by atoms with Gasteiger partial charge in [-0.15, -0.1) is 0 Å². The molecule has 1 aliphatic heterocycles. The topological polar surface area (TPSA) is 37.4 Å². The quantitative estimate of drug-likeness (QED) is 0.739. The minimum absolute atomic E-state index is 0.0698. The van der Waals surface area contributed by atoms with Gasteiger partial charge >= 0.3 is 6.43 Å². The van der Waals surface area contributed by atoms with E-state index in [4.69, 9.17) is 0 Å². The molecule has 1 fully saturated rings. The van der Waals surface area contributed by atoms with Crippen LogP contribution in [0.4, 0.5) is 8.78 Å². The SMILES string of the molecule is O=C(CBr)CC1CSCCN1C(=O)C(F)F. The Morgan fingerprint density at radius 1 is 1.50 bits per heavy atom. The first kappa shape index (κ1) is 13.9. The molecule has 1 heterocycles. The Morgan fingerprint density at radius 3 is 2.75 bits per heavy atom. The molecule has 0 spiro atoms. The van der Waals surface area contributed by atoms with Crippen LogP contribution in [0.2, 0.25) is 0 Å². The van der Waals surface area contributed by atoms with Gasteiger partial charge in [-0.3, -0.25) is 9.59 Å². The summed E-state index contributed by atoms with van der Waals surface area (Å²) in [5, 5.41) is 0.199. The number of amides is 1. The largest absolute Gasteiger partial charge is 0.333 e. The first-order chi connectivity index (χ1) is 7.56. The van der Waals surface area contributed by atoms with E-state index < -0.39 is 12.3 Å². The molecule has 0 N–H and O–H groups in total. The standard InChI is InChI=1S/C9H12BrF2NO2S/c10-4-7(14)3-6-5-16-2-1-13(6)9(15)8(11)12/h6,8H,1-5H2. The number of nitrogens with zero attached hydrogens (tertiary/aromatic N) is 1. The van der Waals surface area contributed by atoms with Crippen molar-refractivity contribution in [1.82, 2.24) is 4.90 Å². The predicted molar refractivity (Wildman–Crippen MR) is 62.2 cm³/mol. The van der Waals surface area contributed by atoms with Gasteiger partial charge in [-0.25, -0.2) is 0 Å². The highest BCUT2D eigenvalue weighted by Gasteiger charge is 2.32. The van der Waals surface area contributed by atoms with Crippen LogP contribution in [0.3, 0.4) is 0 Å². The summed E-state index contributed by atoms with van der Waals surface area (Å²) in [5.74, 6) is -0.0264. The number of hydrogen-bond donors (Lipinski definition) is 0. The lowest BCUT2D eigenvalue weighted by Gasteiger charge is -2.34. The van der Waals surface area contributed by atoms with Gasteiger partial charge in [0.05, 0.1) is 5.33 Å². The number of carbonyl (C=O) groups excluding carboxylic acids is 2. The van der Waals surface area contributed by atoms with Crippen molar-refractivity contribution in [3.8, 4) is 0 Å². The molecular formula is C9H12BrF2NO2S. The summed E-state index contributed by atoms with van der Waals surface area (Å²) in [7, 11) is 0. The maximum Gasteiger partial charge on any atom is 0.315 e. The van der Waals surface area contributed by atoms with Gasteiger partial charge in [0.2, 0.25) is 0 Å². The minimum atomic E-state index is -2.98. The van der Waals surface area contributed by atoms with Crippen LogP contribution in [0.25, 0.3) is 0 Å². The van der Waals surface area contributed by atoms with Crippen molar-refractivity contribution in [2.75, 3.05) is 23.4 Å². The first-order valence-electron chi connectivity index (χ1n) is 4.80. The van der Waals surface area contributed by atoms with Crippen molar-refractivity contribution in [2.45, 2.75) is 18.9 Å². The van der Waals surface area contributed by atoms with Crippen LogP contribution in [0.1, 0.15) is 6.42 Å². The van der Waals surface area contributed by atoms with Crippen LogP contribution >= 0.6 is 27.7 Å². The predicted octanol–water partition coefficient (Wildman–Crippen LogP) is 1.55. The lowest BCUT2D eigenvalue weighted by atomic mass is 10.1. The Bertz CT molecular complexity index is 278. The Morgan fingerprint density at radius 2 is 2.19 bits per heavy atom. The van der Waals surface area contributed by atoms with Gasteiger partial charge in [0, 0.05) is 30.5 Å². The average Bonchev–Trinajstić information content (AvgIpc) is 2.28. The molecule has 1 amide bonds. The van der Waals surface area contributed by atoms with Crippen LogP contribution < -0.4 is 0 Å². The summed E-state index contributed by atoms with van der Waals surface area (Å²) >= 11 is 4.60. The summed E-state index contributed by atoms with van der Waals surface area (Å²) in [5.41, 5.74) is 0. The molecule has 0 saturated carbocycles. The molecule has 92 valence electrons. The number of rotatable bonds is 4. The molecule has 0 aromatic heterocycles. The highest BCUT2D eigenvalue weighted by atomic mass is 79.9. The highest BCUT2D eigenvalue weighted by molar-refractivity contribution is 9.09. The molecule has 3 nitrogen and oxygen atoms in total. The van der Waals surface area contributed by atoms with Crippen molar-refractivity contribution in [3.05, 3.63) is 0 Å². The summed E-state index contributed by atoms with van der Waals surface area (Å²) in [4.78, 5) is 23.6. The van der Waals surface area contributed by atoms with Crippen molar-refractivity contribution >= 4 is 39.4 Å². The summed E-state index contributed by atoms with van der Waals surface area (Å²) in [6.45, 7) is 0.300. The lowest BCUT2D eigenvalue weighted by Crippen LogP contribution is -2.49. The molecule has 0 aromatic rings. The van der Waals surface area contributed by atoms with Gasteiger partial charge in [0.25, 0.3) is 5.91 Å². The first-order valence-corrected chi connectivity index (χ1v) is 7.08. The van der Waals surface area contributed by atoms with Crippen LogP contribution in [0.5, 0.6) is 0 Å². The molecule has 0 bridgehead atoms. The Balaban J connectivity index is 2.63. The number of Topliss-reactive ketones (excluding diaryl/α,β-unsaturated/α-hetero) is 1. The van der Waals surface area contributed by atoms with Crippen molar-refractivity contribution in [3.63, 3.8) is 0 Å². The maximum atomic E-state index is 12.3. The fourth-order valence-electron chi connectivity index (χ4n) is 1.56. The van der Waals surface area contributed by atoms with Gasteiger partial charge < -0.3 is 4.90 Å². The number of ketones is 1. The summed E-state index contributed by atoms with van der Waals surface area (Å²) < 4.78 is 24.6. The fourth-order valence-corrected chi connectivity index (χ4v) is 2.85. The van der Waals surface area contributed by atoms with E-state index in [1.54, 1.807) is 11.8 Å². The summed E-state index contributed by atoms with van der Waals surface area (Å²) in [6, 6.07) is -0.384. The van der Waals surface area contributed by atoms with Crippen molar-refractivity contribution < 1.29 is 18.4 Å². The summed E-state index contributed by atoms with van der Waals surface area (Å²) in [6.07, 6.45) is -2.83. The second-order valence-corrected chi connectivity index (χ2v) is 5.15. The average molecular weight is 316 g/mol. The van der Waals surface area contributed by atoms with Crippen molar-refractivity contribution in [2.24, 2.45) is 0 Å². The number of thioether (sulfide) groups is 1. The third-order valence-corrected chi connectivity index (χ3v) is 4.03. The smallest absolute Gasteiger partial charge is 0.315 e. The minimum Gasteiger partial charge on any atom is -0.333 e. The highest BCUT2D eigenvalue weighted by Crippen LogP contribution is 2.21. The molecular weight excluding hydrogens is 304 g/mol. The molecule has 1 saturated heterocycles. The zero-order chi connectivity index (χ0) is 12.1. The Labute approximate surface area is 105 Å². The van der Waals surface area contributed by atoms with E-state index in [0.29, 0.717) is 18.1 Å². The van der Waals surface area contributed by atoms with Crippen molar-refractivity contribution in [1.29, 1.82) is 0 Å². The number of alkyl halides is 3. The Kier molecular flexibility index (Phi) is 5.68. The van der Waals surface area contributed by atoms with Gasteiger partial charge in [-0.1, -0.05) is 15.9 Å². The van der Waals surface area contributed by atoms with E-state index in [0.717, 1.165) is 4.90 Å². The van der Waals surface area contributed by atoms with Crippen LogP contribution in [0, 0.1) is 0 Å². The van der Waals surface area contributed by atoms with E-state index in [1.807, 2.05) is 0 Å². The van der Waals surface area contributed by atoms with Gasteiger partial charge in [-0.2, -0.15) is 20.5 Å². The van der Waals surface area contributed by atoms with E-state index in [2.05, 4.69) is 15.9 Å². The molecule has 7 heteroatoms. The number of carbonyl (C=O) groups is 2. The third kappa shape index (κ3) is 3.69. The molecule has 1 atom stereocenters. The number of hydrogen-bond acceptors (Lipinski definition) is 3.